The molecule has 3 rings (SSSR count). The average Bonchev–Trinajstić information content (AvgIpc) is 2.93. The molecule has 2 aromatic carbocycles. The second kappa shape index (κ2) is 15.1. The van der Waals surface area contributed by atoms with E-state index in [2.05, 4.69) is 27.4 Å². The SMILES string of the molecule is C=CC(=O)OCCCCCCOc1ccc(C(=O)Oc2ccc(/C=C3/C(=O)[C@H](C(C)C)CC[C@H]3C)cc2)cc1. The molecule has 0 radical (unpaired) electrons. The monoisotopic (exact) mass is 532 g/mol. The van der Waals surface area contributed by atoms with Crippen molar-refractivity contribution in [3.8, 4) is 11.5 Å². The molecule has 1 aliphatic carbocycles. The number of hydrogen-bond acceptors (Lipinski definition) is 6. The molecule has 6 nitrogen and oxygen atoms in total. The molecule has 1 saturated carbocycles. The highest BCUT2D eigenvalue weighted by atomic mass is 16.5. The van der Waals surface area contributed by atoms with Crippen LogP contribution in [0.5, 0.6) is 11.5 Å². The van der Waals surface area contributed by atoms with E-state index in [0.29, 0.717) is 36.2 Å². The lowest BCUT2D eigenvalue weighted by molar-refractivity contribution is -0.137. The van der Waals surface area contributed by atoms with Crippen molar-refractivity contribution in [1.82, 2.24) is 0 Å². The number of benzene rings is 2. The van der Waals surface area contributed by atoms with E-state index in [1.807, 2.05) is 18.2 Å². The van der Waals surface area contributed by atoms with Gasteiger partial charge in [0.2, 0.25) is 0 Å². The number of carbonyl (C=O) groups excluding carboxylic acids is 3. The Morgan fingerprint density at radius 2 is 1.56 bits per heavy atom. The Morgan fingerprint density at radius 1 is 0.923 bits per heavy atom. The van der Waals surface area contributed by atoms with Gasteiger partial charge in [0.1, 0.15) is 11.5 Å². The van der Waals surface area contributed by atoms with Crippen molar-refractivity contribution in [1.29, 1.82) is 0 Å². The number of hydrogen-bond donors (Lipinski definition) is 0. The van der Waals surface area contributed by atoms with Gasteiger partial charge in [0, 0.05) is 12.0 Å². The van der Waals surface area contributed by atoms with Crippen molar-refractivity contribution in [2.45, 2.75) is 59.3 Å². The molecule has 0 heterocycles. The van der Waals surface area contributed by atoms with Crippen molar-refractivity contribution >= 4 is 23.8 Å². The Bertz CT molecular complexity index is 1140. The molecule has 1 aliphatic rings. The van der Waals surface area contributed by atoms with Crippen LogP contribution in [0.15, 0.2) is 66.8 Å². The van der Waals surface area contributed by atoms with Gasteiger partial charge in [-0.2, -0.15) is 0 Å². The van der Waals surface area contributed by atoms with E-state index >= 15 is 0 Å². The number of esters is 2. The average molecular weight is 533 g/mol. The minimum Gasteiger partial charge on any atom is -0.494 e. The molecule has 2 atom stereocenters. The highest BCUT2D eigenvalue weighted by Gasteiger charge is 2.32. The predicted octanol–water partition coefficient (Wildman–Crippen LogP) is 7.23. The van der Waals surface area contributed by atoms with Crippen LogP contribution in [0.25, 0.3) is 6.08 Å². The molecule has 0 spiro atoms. The van der Waals surface area contributed by atoms with Gasteiger partial charge in [-0.3, -0.25) is 4.79 Å². The molecule has 2 aromatic rings. The molecule has 1 fully saturated rings. The Kier molecular flexibility index (Phi) is 11.5. The Hall–Kier alpha value is -3.67. The highest BCUT2D eigenvalue weighted by Crippen LogP contribution is 2.35. The van der Waals surface area contributed by atoms with Crippen LogP contribution in [-0.2, 0) is 14.3 Å². The lowest BCUT2D eigenvalue weighted by atomic mass is 9.73. The van der Waals surface area contributed by atoms with Gasteiger partial charge in [-0.15, -0.1) is 0 Å². The third kappa shape index (κ3) is 9.24. The van der Waals surface area contributed by atoms with Crippen LogP contribution < -0.4 is 9.47 Å². The second-order valence-electron chi connectivity index (χ2n) is 10.4. The first-order valence-electron chi connectivity index (χ1n) is 13.9. The molecule has 0 aromatic heterocycles. The number of Topliss-reactive ketones (excluding diaryl/α,β-unsaturated/α-hetero) is 1. The molecule has 0 bridgehead atoms. The Labute approximate surface area is 232 Å². The van der Waals surface area contributed by atoms with E-state index in [4.69, 9.17) is 14.2 Å². The molecular formula is C33H40O6. The summed E-state index contributed by atoms with van der Waals surface area (Å²) >= 11 is 0. The van der Waals surface area contributed by atoms with E-state index in [-0.39, 0.29) is 23.6 Å². The van der Waals surface area contributed by atoms with Crippen LogP contribution in [0.4, 0.5) is 0 Å². The Morgan fingerprint density at radius 3 is 2.21 bits per heavy atom. The largest absolute Gasteiger partial charge is 0.494 e. The van der Waals surface area contributed by atoms with Gasteiger partial charge >= 0.3 is 11.9 Å². The minimum absolute atomic E-state index is 0.0940. The van der Waals surface area contributed by atoms with Crippen LogP contribution in [0.1, 0.15) is 75.2 Å². The standard InChI is InChI=1S/C33H40O6/c1-5-31(34)38-21-9-7-6-8-20-37-27-17-13-26(14-18-27)33(36)39-28-15-11-25(12-16-28)22-30-24(4)10-19-29(23(2)3)32(30)35/h5,11-18,22-24,29H,1,6-10,19-21H2,2-4H3/b30-22+/t24-,29+/m1/s1. The van der Waals surface area contributed by atoms with E-state index in [1.54, 1.807) is 36.4 Å². The van der Waals surface area contributed by atoms with Gasteiger partial charge in [0.25, 0.3) is 0 Å². The maximum Gasteiger partial charge on any atom is 0.343 e. The summed E-state index contributed by atoms with van der Waals surface area (Å²) in [4.78, 5) is 36.5. The lowest BCUT2D eigenvalue weighted by Gasteiger charge is -2.30. The quantitative estimate of drug-likeness (QED) is 0.117. The fraction of sp³-hybridized carbons (Fsp3) is 0.424. The maximum absolute atomic E-state index is 13.0. The van der Waals surface area contributed by atoms with Crippen LogP contribution in [-0.4, -0.2) is 30.9 Å². The van der Waals surface area contributed by atoms with Gasteiger partial charge in [0.05, 0.1) is 18.8 Å². The summed E-state index contributed by atoms with van der Waals surface area (Å²) in [7, 11) is 0. The zero-order chi connectivity index (χ0) is 28.2. The first-order valence-corrected chi connectivity index (χ1v) is 13.9. The predicted molar refractivity (Wildman–Crippen MR) is 153 cm³/mol. The van der Waals surface area contributed by atoms with E-state index < -0.39 is 5.97 Å². The molecule has 0 saturated heterocycles. The van der Waals surface area contributed by atoms with Crippen LogP contribution >= 0.6 is 0 Å². The molecule has 0 aliphatic heterocycles. The number of ether oxygens (including phenoxy) is 3. The Balaban J connectivity index is 1.44. The fourth-order valence-corrected chi connectivity index (χ4v) is 4.67. The molecule has 0 N–H and O–H groups in total. The van der Waals surface area contributed by atoms with Crippen molar-refractivity contribution in [2.75, 3.05) is 13.2 Å². The van der Waals surface area contributed by atoms with Gasteiger partial charge in [-0.05, 0) is 104 Å². The summed E-state index contributed by atoms with van der Waals surface area (Å²) in [6, 6.07) is 14.1. The molecule has 0 amide bonds. The summed E-state index contributed by atoms with van der Waals surface area (Å²) in [5.74, 6) is 1.25. The molecule has 39 heavy (non-hydrogen) atoms. The number of allylic oxidation sites excluding steroid dienone is 1. The van der Waals surface area contributed by atoms with Gasteiger partial charge in [-0.25, -0.2) is 9.59 Å². The van der Waals surface area contributed by atoms with Crippen molar-refractivity contribution in [3.63, 3.8) is 0 Å². The van der Waals surface area contributed by atoms with Crippen molar-refractivity contribution in [2.24, 2.45) is 17.8 Å². The number of unbranched alkanes of at least 4 members (excludes halogenated alkanes) is 3. The number of rotatable bonds is 13. The van der Waals surface area contributed by atoms with Gasteiger partial charge in [-0.1, -0.05) is 39.5 Å². The molecule has 0 unspecified atom stereocenters. The van der Waals surface area contributed by atoms with Gasteiger partial charge in [0.15, 0.2) is 5.78 Å². The summed E-state index contributed by atoms with van der Waals surface area (Å²) < 4.78 is 16.2. The zero-order valence-electron chi connectivity index (χ0n) is 23.3. The number of ketones is 1. The van der Waals surface area contributed by atoms with E-state index in [0.717, 1.165) is 49.7 Å². The second-order valence-corrected chi connectivity index (χ2v) is 10.4. The minimum atomic E-state index is -0.444. The summed E-state index contributed by atoms with van der Waals surface area (Å²) in [5, 5.41) is 0. The van der Waals surface area contributed by atoms with Crippen LogP contribution in [0, 0.1) is 17.8 Å². The van der Waals surface area contributed by atoms with Crippen LogP contribution in [0.2, 0.25) is 0 Å². The smallest absolute Gasteiger partial charge is 0.343 e. The summed E-state index contributed by atoms with van der Waals surface area (Å²) in [6.07, 6.45) is 8.75. The van der Waals surface area contributed by atoms with E-state index in [9.17, 15) is 14.4 Å². The summed E-state index contributed by atoms with van der Waals surface area (Å²) in [6.45, 7) is 10.7. The third-order valence-corrected chi connectivity index (χ3v) is 7.09. The molecule has 6 heteroatoms. The summed E-state index contributed by atoms with van der Waals surface area (Å²) in [5.41, 5.74) is 2.24. The van der Waals surface area contributed by atoms with Gasteiger partial charge < -0.3 is 14.2 Å². The molecular weight excluding hydrogens is 492 g/mol. The first-order chi connectivity index (χ1) is 18.8. The highest BCUT2D eigenvalue weighted by molar-refractivity contribution is 6.02. The fourth-order valence-electron chi connectivity index (χ4n) is 4.67. The molecule has 208 valence electrons. The number of carbonyl (C=O) groups is 3. The topological polar surface area (TPSA) is 78.9 Å². The first kappa shape index (κ1) is 29.9. The van der Waals surface area contributed by atoms with Crippen molar-refractivity contribution in [3.05, 3.63) is 77.9 Å². The van der Waals surface area contributed by atoms with E-state index in [1.165, 1.54) is 6.08 Å². The maximum atomic E-state index is 13.0. The zero-order valence-corrected chi connectivity index (χ0v) is 23.3. The van der Waals surface area contributed by atoms with Crippen LogP contribution in [0.3, 0.4) is 0 Å². The lowest BCUT2D eigenvalue weighted by Crippen LogP contribution is -2.30. The normalized spacial score (nSPS) is 18.2. The third-order valence-electron chi connectivity index (χ3n) is 7.09. The van der Waals surface area contributed by atoms with Crippen molar-refractivity contribution < 1.29 is 28.6 Å².